The monoisotopic (exact) mass is 702 g/mol. The molecule has 0 saturated carbocycles. The van der Waals surface area contributed by atoms with Gasteiger partial charge in [-0.15, -0.1) is 23.7 Å². The van der Waals surface area contributed by atoms with E-state index in [-0.39, 0.29) is 74.5 Å². The summed E-state index contributed by atoms with van der Waals surface area (Å²) in [7, 11) is 0. The van der Waals surface area contributed by atoms with Gasteiger partial charge in [0.25, 0.3) is 11.8 Å². The third kappa shape index (κ3) is 9.35. The van der Waals surface area contributed by atoms with E-state index in [0.717, 1.165) is 27.2 Å². The lowest BCUT2D eigenvalue weighted by Crippen LogP contribution is -2.43. The maximum Gasteiger partial charge on any atom is 0.414 e. The number of thiophene rings is 1. The number of benzene rings is 1. The molecule has 2 aliphatic rings. The van der Waals surface area contributed by atoms with Crippen molar-refractivity contribution in [3.05, 3.63) is 45.4 Å². The molecule has 18 heteroatoms. The van der Waals surface area contributed by atoms with Crippen molar-refractivity contribution in [2.45, 2.75) is 37.8 Å². The molecule has 2 fully saturated rings. The number of morpholine rings is 1. The predicted molar refractivity (Wildman–Crippen MR) is 168 cm³/mol. The van der Waals surface area contributed by atoms with Crippen molar-refractivity contribution < 1.29 is 42.6 Å². The Balaban J connectivity index is 0.00000576. The Morgan fingerprint density at radius 1 is 1.15 bits per heavy atom. The first kappa shape index (κ1) is 36.6. The van der Waals surface area contributed by atoms with E-state index < -0.39 is 47.7 Å². The van der Waals surface area contributed by atoms with Crippen LogP contribution in [0.5, 0.6) is 0 Å². The summed E-state index contributed by atoms with van der Waals surface area (Å²) in [5.74, 6) is -3.52. The summed E-state index contributed by atoms with van der Waals surface area (Å²) in [6.45, 7) is 0.223. The number of amides is 6. The lowest BCUT2D eigenvalue weighted by atomic mass is 10.1. The first-order valence-corrected chi connectivity index (χ1v) is 15.2. The first-order chi connectivity index (χ1) is 21.4. The van der Waals surface area contributed by atoms with E-state index in [2.05, 4.69) is 5.32 Å². The molecule has 46 heavy (non-hydrogen) atoms. The number of primary amides is 1. The highest BCUT2D eigenvalue weighted by Crippen LogP contribution is 2.30. The fourth-order valence-corrected chi connectivity index (χ4v) is 5.68. The Morgan fingerprint density at radius 3 is 2.57 bits per heavy atom. The normalized spacial score (nSPS) is 16.8. The van der Waals surface area contributed by atoms with Crippen molar-refractivity contribution in [3.8, 4) is 0 Å². The predicted octanol–water partition coefficient (Wildman–Crippen LogP) is 1.81. The van der Waals surface area contributed by atoms with Gasteiger partial charge in [-0.25, -0.2) is 9.18 Å². The van der Waals surface area contributed by atoms with E-state index in [0.29, 0.717) is 29.5 Å². The molecule has 14 nitrogen and oxygen atoms in total. The van der Waals surface area contributed by atoms with Crippen LogP contribution in [0.4, 0.5) is 20.6 Å². The van der Waals surface area contributed by atoms with Crippen molar-refractivity contribution >= 4 is 82.3 Å². The summed E-state index contributed by atoms with van der Waals surface area (Å²) in [5.41, 5.74) is 10.8. The van der Waals surface area contributed by atoms with Gasteiger partial charge in [0, 0.05) is 25.2 Å². The van der Waals surface area contributed by atoms with Gasteiger partial charge >= 0.3 is 6.09 Å². The van der Waals surface area contributed by atoms with Crippen LogP contribution in [0, 0.1) is 5.82 Å². The van der Waals surface area contributed by atoms with Crippen LogP contribution in [0.25, 0.3) is 0 Å². The maximum absolute atomic E-state index is 15.2. The molecule has 0 spiro atoms. The number of halogens is 3. The van der Waals surface area contributed by atoms with Crippen LogP contribution in [-0.2, 0) is 28.7 Å². The number of nitrogens with one attached hydrogen (secondary N) is 1. The fourth-order valence-electron chi connectivity index (χ4n) is 4.69. The van der Waals surface area contributed by atoms with Gasteiger partial charge in [0.05, 0.1) is 47.1 Å². The minimum absolute atomic E-state index is 0. The lowest BCUT2D eigenvalue weighted by Gasteiger charge is -2.27. The molecule has 5 N–H and O–H groups in total. The van der Waals surface area contributed by atoms with Crippen LogP contribution in [0.1, 0.15) is 35.4 Å². The van der Waals surface area contributed by atoms with Gasteiger partial charge in [-0.2, -0.15) is 0 Å². The summed E-state index contributed by atoms with van der Waals surface area (Å²) >= 11 is 6.98. The Hall–Kier alpha value is -3.83. The molecule has 250 valence electrons. The van der Waals surface area contributed by atoms with Crippen molar-refractivity contribution in [2.75, 3.05) is 49.2 Å². The number of hydrogen-bond acceptors (Lipinski definition) is 10. The number of cyclic esters (lactones) is 1. The van der Waals surface area contributed by atoms with Gasteiger partial charge in [-0.3, -0.25) is 33.8 Å². The molecule has 0 radical (unpaired) electrons. The zero-order valence-electron chi connectivity index (χ0n) is 24.4. The van der Waals surface area contributed by atoms with Crippen LogP contribution in [-0.4, -0.2) is 92.1 Å². The van der Waals surface area contributed by atoms with Crippen molar-refractivity contribution in [2.24, 2.45) is 11.5 Å². The Bertz CT molecular complexity index is 1480. The van der Waals surface area contributed by atoms with Crippen LogP contribution in [0.15, 0.2) is 30.3 Å². The lowest BCUT2D eigenvalue weighted by molar-refractivity contribution is -0.129. The standard InChI is InChI=1S/C28H32ClFN6O8S.ClH/c29-22-7-6-21(45-22)27(41)36(24(38)3-1-2-8-33-23(37)12-19(31)26(32)40)14-17-13-35(28(42)44-17)20-5-4-16(11-18(20)30)34-9-10-43-15-25(34)39;/h4-7,11,17,19H,1-3,8-10,12-15,31H2,(H2,32,40)(H,33,37);1H/t17-,19+;/m1./s1. The number of nitrogens with zero attached hydrogens (tertiary/aromatic N) is 3. The quantitative estimate of drug-likeness (QED) is 0.261. The Kier molecular flexibility index (Phi) is 13.3. The molecule has 1 aromatic carbocycles. The van der Waals surface area contributed by atoms with Crippen molar-refractivity contribution in [3.63, 3.8) is 0 Å². The van der Waals surface area contributed by atoms with Gasteiger partial charge in [0.2, 0.25) is 17.7 Å². The molecule has 1 aromatic heterocycles. The highest BCUT2D eigenvalue weighted by atomic mass is 35.5. The Morgan fingerprint density at radius 2 is 1.91 bits per heavy atom. The van der Waals surface area contributed by atoms with E-state index in [1.165, 1.54) is 29.2 Å². The molecule has 6 amide bonds. The number of anilines is 2. The summed E-state index contributed by atoms with van der Waals surface area (Å²) in [6, 6.07) is 5.91. The third-order valence-electron chi connectivity index (χ3n) is 7.02. The largest absolute Gasteiger partial charge is 0.442 e. The van der Waals surface area contributed by atoms with Gasteiger partial charge in [0.1, 0.15) is 18.5 Å². The number of imide groups is 1. The van der Waals surface area contributed by atoms with Gasteiger partial charge in [0.15, 0.2) is 0 Å². The molecule has 3 heterocycles. The molecule has 0 aliphatic carbocycles. The SMILES string of the molecule is Cl.NC(=O)[C@@H](N)CC(=O)NCCCCC(=O)N(C[C@H]1CN(c2ccc(N3CCOCC3=O)cc2F)C(=O)O1)C(=O)c1ccc(Cl)s1. The maximum atomic E-state index is 15.2. The topological polar surface area (TPSA) is 195 Å². The molecule has 2 atom stereocenters. The average Bonchev–Trinajstić information content (AvgIpc) is 3.60. The molecular formula is C28H33Cl2FN6O8S. The minimum atomic E-state index is -1.10. The first-order valence-electron chi connectivity index (χ1n) is 14.0. The van der Waals surface area contributed by atoms with E-state index >= 15 is 4.39 Å². The smallest absolute Gasteiger partial charge is 0.414 e. The summed E-state index contributed by atoms with van der Waals surface area (Å²) < 4.78 is 26.0. The summed E-state index contributed by atoms with van der Waals surface area (Å²) in [6.07, 6.45) is -1.47. The number of carbonyl (C=O) groups excluding carboxylic acids is 6. The molecule has 0 bridgehead atoms. The zero-order valence-corrected chi connectivity index (χ0v) is 26.8. The van der Waals surface area contributed by atoms with Crippen molar-refractivity contribution in [1.82, 2.24) is 10.2 Å². The molecule has 2 aliphatic heterocycles. The van der Waals surface area contributed by atoms with Gasteiger partial charge in [-0.1, -0.05) is 11.6 Å². The molecule has 0 unspecified atom stereocenters. The van der Waals surface area contributed by atoms with E-state index in [9.17, 15) is 28.8 Å². The number of ether oxygens (including phenoxy) is 2. The second-order valence-corrected chi connectivity index (χ2v) is 12.0. The number of rotatable bonds is 13. The molecular weight excluding hydrogens is 670 g/mol. The van der Waals surface area contributed by atoms with Crippen molar-refractivity contribution in [1.29, 1.82) is 0 Å². The average molecular weight is 704 g/mol. The summed E-state index contributed by atoms with van der Waals surface area (Å²) in [4.78, 5) is 77.9. The zero-order chi connectivity index (χ0) is 32.7. The van der Waals surface area contributed by atoms with Crippen LogP contribution >= 0.6 is 35.3 Å². The van der Waals surface area contributed by atoms with Crippen LogP contribution in [0.2, 0.25) is 4.34 Å². The van der Waals surface area contributed by atoms with Gasteiger partial charge in [-0.05, 0) is 43.2 Å². The molecule has 2 saturated heterocycles. The number of hydrogen-bond donors (Lipinski definition) is 3. The third-order valence-corrected chi connectivity index (χ3v) is 8.24. The highest BCUT2D eigenvalue weighted by Gasteiger charge is 2.38. The minimum Gasteiger partial charge on any atom is -0.442 e. The van der Waals surface area contributed by atoms with E-state index in [1.54, 1.807) is 0 Å². The fraction of sp³-hybridized carbons (Fsp3) is 0.429. The number of unbranched alkanes of at least 4 members (excludes halogenated alkanes) is 1. The molecule has 4 rings (SSSR count). The number of carbonyl (C=O) groups is 6. The second kappa shape index (κ2) is 16.6. The van der Waals surface area contributed by atoms with E-state index in [4.69, 9.17) is 32.5 Å². The summed E-state index contributed by atoms with van der Waals surface area (Å²) in [5, 5.41) is 2.59. The van der Waals surface area contributed by atoms with Crippen LogP contribution < -0.4 is 26.6 Å². The second-order valence-electron chi connectivity index (χ2n) is 10.3. The highest BCUT2D eigenvalue weighted by molar-refractivity contribution is 7.18. The van der Waals surface area contributed by atoms with E-state index in [1.807, 2.05) is 0 Å². The molecule has 2 aromatic rings. The Labute approximate surface area is 278 Å². The number of nitrogens with two attached hydrogens (primary N) is 2. The van der Waals surface area contributed by atoms with Gasteiger partial charge < -0.3 is 31.2 Å². The van der Waals surface area contributed by atoms with Crippen LogP contribution in [0.3, 0.4) is 0 Å².